The van der Waals surface area contributed by atoms with E-state index in [9.17, 15) is 4.79 Å². The number of carbonyl (C=O) groups excluding carboxylic acids is 1. The SMILES string of the molecule is Cc1ccc(CN(CCc2ccccc2)C(=O)C2CC2)s1. The van der Waals surface area contributed by atoms with Crippen molar-refractivity contribution in [3.05, 3.63) is 57.8 Å². The lowest BCUT2D eigenvalue weighted by Crippen LogP contribution is -2.33. The first-order valence-corrected chi connectivity index (χ1v) is 8.42. The standard InChI is InChI=1S/C18H21NOS/c1-14-7-10-17(21-14)13-19(18(20)16-8-9-16)12-11-15-5-3-2-4-6-15/h2-7,10,16H,8-9,11-13H2,1H3. The molecule has 0 saturated heterocycles. The van der Waals surface area contributed by atoms with E-state index in [-0.39, 0.29) is 0 Å². The molecule has 1 aromatic carbocycles. The summed E-state index contributed by atoms with van der Waals surface area (Å²) in [7, 11) is 0. The summed E-state index contributed by atoms with van der Waals surface area (Å²) in [5.74, 6) is 0.638. The third-order valence-electron chi connectivity index (χ3n) is 3.89. The van der Waals surface area contributed by atoms with Crippen LogP contribution in [0, 0.1) is 12.8 Å². The molecule has 0 unspecified atom stereocenters. The third-order valence-corrected chi connectivity index (χ3v) is 4.88. The third kappa shape index (κ3) is 3.94. The van der Waals surface area contributed by atoms with Gasteiger partial charge in [0.25, 0.3) is 0 Å². The number of rotatable bonds is 6. The van der Waals surface area contributed by atoms with Crippen LogP contribution in [0.1, 0.15) is 28.2 Å². The molecule has 1 aliphatic rings. The quantitative estimate of drug-likeness (QED) is 0.788. The molecule has 2 nitrogen and oxygen atoms in total. The van der Waals surface area contributed by atoms with Gasteiger partial charge in [-0.2, -0.15) is 0 Å². The lowest BCUT2D eigenvalue weighted by Gasteiger charge is -2.22. The molecule has 2 aromatic rings. The predicted molar refractivity (Wildman–Crippen MR) is 87.3 cm³/mol. The van der Waals surface area contributed by atoms with Gasteiger partial charge in [0.1, 0.15) is 0 Å². The first-order valence-electron chi connectivity index (χ1n) is 7.60. The van der Waals surface area contributed by atoms with Crippen molar-refractivity contribution in [1.29, 1.82) is 0 Å². The normalized spacial score (nSPS) is 14.1. The van der Waals surface area contributed by atoms with Crippen molar-refractivity contribution >= 4 is 17.2 Å². The number of thiophene rings is 1. The molecule has 1 saturated carbocycles. The van der Waals surface area contributed by atoms with Crippen LogP contribution in [0.2, 0.25) is 0 Å². The second-order valence-electron chi connectivity index (χ2n) is 5.78. The zero-order valence-electron chi connectivity index (χ0n) is 12.4. The van der Waals surface area contributed by atoms with E-state index in [1.54, 1.807) is 11.3 Å². The Kier molecular flexibility index (Phi) is 4.39. The molecule has 3 heteroatoms. The lowest BCUT2D eigenvalue weighted by molar-refractivity contribution is -0.133. The summed E-state index contributed by atoms with van der Waals surface area (Å²) < 4.78 is 0. The Balaban J connectivity index is 1.65. The van der Waals surface area contributed by atoms with Crippen molar-refractivity contribution in [3.63, 3.8) is 0 Å². The molecule has 21 heavy (non-hydrogen) atoms. The summed E-state index contributed by atoms with van der Waals surface area (Å²) in [6.07, 6.45) is 3.08. The van der Waals surface area contributed by atoms with Gasteiger partial charge in [0.2, 0.25) is 5.91 Å². The average molecular weight is 299 g/mol. The summed E-state index contributed by atoms with van der Waals surface area (Å²) in [5, 5.41) is 0. The Bertz CT molecular complexity index is 601. The summed E-state index contributed by atoms with van der Waals surface area (Å²) in [6.45, 7) is 3.70. The summed E-state index contributed by atoms with van der Waals surface area (Å²) in [5.41, 5.74) is 1.30. The molecule has 0 radical (unpaired) electrons. The maximum absolute atomic E-state index is 12.5. The largest absolute Gasteiger partial charge is 0.337 e. The van der Waals surface area contributed by atoms with E-state index >= 15 is 0 Å². The van der Waals surface area contributed by atoms with E-state index in [1.165, 1.54) is 15.3 Å². The fraction of sp³-hybridized carbons (Fsp3) is 0.389. The van der Waals surface area contributed by atoms with Crippen LogP contribution in [0.15, 0.2) is 42.5 Å². The van der Waals surface area contributed by atoms with Crippen LogP contribution in [-0.2, 0) is 17.8 Å². The van der Waals surface area contributed by atoms with E-state index in [0.29, 0.717) is 11.8 Å². The van der Waals surface area contributed by atoms with Crippen molar-refractivity contribution in [1.82, 2.24) is 4.90 Å². The molecule has 3 rings (SSSR count). The van der Waals surface area contributed by atoms with Crippen LogP contribution in [0.4, 0.5) is 0 Å². The Morgan fingerprint density at radius 3 is 2.57 bits per heavy atom. The van der Waals surface area contributed by atoms with E-state index in [2.05, 4.69) is 48.2 Å². The molecular weight excluding hydrogens is 278 g/mol. The van der Waals surface area contributed by atoms with Gasteiger partial charge < -0.3 is 4.90 Å². The number of hydrogen-bond acceptors (Lipinski definition) is 2. The van der Waals surface area contributed by atoms with Gasteiger partial charge in [-0.3, -0.25) is 4.79 Å². The second-order valence-corrected chi connectivity index (χ2v) is 7.15. The maximum Gasteiger partial charge on any atom is 0.226 e. The topological polar surface area (TPSA) is 20.3 Å². The number of amides is 1. The van der Waals surface area contributed by atoms with Gasteiger partial charge in [-0.05, 0) is 43.9 Å². The molecule has 1 aliphatic carbocycles. The molecule has 1 heterocycles. The first-order chi connectivity index (χ1) is 10.2. The predicted octanol–water partition coefficient (Wildman–Crippen LogP) is 4.04. The molecule has 1 fully saturated rings. The van der Waals surface area contributed by atoms with Crippen LogP contribution >= 0.6 is 11.3 Å². The van der Waals surface area contributed by atoms with E-state index in [4.69, 9.17) is 0 Å². The van der Waals surface area contributed by atoms with E-state index < -0.39 is 0 Å². The van der Waals surface area contributed by atoms with Gasteiger partial charge in [-0.25, -0.2) is 0 Å². The molecular formula is C18H21NOS. The van der Waals surface area contributed by atoms with Crippen molar-refractivity contribution in [2.45, 2.75) is 32.7 Å². The monoisotopic (exact) mass is 299 g/mol. The molecule has 1 amide bonds. The van der Waals surface area contributed by atoms with Crippen LogP contribution < -0.4 is 0 Å². The minimum atomic E-state index is 0.293. The number of nitrogens with zero attached hydrogens (tertiary/aromatic N) is 1. The van der Waals surface area contributed by atoms with Crippen molar-refractivity contribution in [3.8, 4) is 0 Å². The van der Waals surface area contributed by atoms with Gasteiger partial charge in [0.15, 0.2) is 0 Å². The summed E-state index contributed by atoms with van der Waals surface area (Å²) >= 11 is 1.79. The highest BCUT2D eigenvalue weighted by molar-refractivity contribution is 7.11. The lowest BCUT2D eigenvalue weighted by atomic mass is 10.1. The minimum Gasteiger partial charge on any atom is -0.337 e. The van der Waals surface area contributed by atoms with Crippen LogP contribution in [-0.4, -0.2) is 17.4 Å². The minimum absolute atomic E-state index is 0.293. The van der Waals surface area contributed by atoms with E-state index in [0.717, 1.165) is 32.4 Å². The van der Waals surface area contributed by atoms with Crippen molar-refractivity contribution < 1.29 is 4.79 Å². The number of carbonyl (C=O) groups is 1. The highest BCUT2D eigenvalue weighted by Gasteiger charge is 2.33. The van der Waals surface area contributed by atoms with E-state index in [1.807, 2.05) is 6.07 Å². The molecule has 110 valence electrons. The highest BCUT2D eigenvalue weighted by atomic mass is 32.1. The van der Waals surface area contributed by atoms with Crippen molar-refractivity contribution in [2.24, 2.45) is 5.92 Å². The number of benzene rings is 1. The van der Waals surface area contributed by atoms with Gasteiger partial charge in [0.05, 0.1) is 6.54 Å². The van der Waals surface area contributed by atoms with Gasteiger partial charge >= 0.3 is 0 Å². The van der Waals surface area contributed by atoms with Crippen molar-refractivity contribution in [2.75, 3.05) is 6.54 Å². The molecule has 0 aliphatic heterocycles. The molecule has 0 atom stereocenters. The van der Waals surface area contributed by atoms with Gasteiger partial charge in [0, 0.05) is 22.2 Å². The van der Waals surface area contributed by atoms with Crippen LogP contribution in [0.3, 0.4) is 0 Å². The molecule has 0 bridgehead atoms. The van der Waals surface area contributed by atoms with Crippen LogP contribution in [0.5, 0.6) is 0 Å². The molecule has 1 aromatic heterocycles. The Morgan fingerprint density at radius 2 is 1.95 bits per heavy atom. The Hall–Kier alpha value is -1.61. The summed E-state index contributed by atoms with van der Waals surface area (Å²) in [6, 6.07) is 14.7. The second kappa shape index (κ2) is 6.44. The zero-order valence-corrected chi connectivity index (χ0v) is 13.2. The molecule has 0 N–H and O–H groups in total. The number of hydrogen-bond donors (Lipinski definition) is 0. The summed E-state index contributed by atoms with van der Waals surface area (Å²) in [4.78, 5) is 17.1. The highest BCUT2D eigenvalue weighted by Crippen LogP contribution is 2.32. The number of aryl methyl sites for hydroxylation is 1. The molecule has 0 spiro atoms. The van der Waals surface area contributed by atoms with Crippen LogP contribution in [0.25, 0.3) is 0 Å². The Morgan fingerprint density at radius 1 is 1.19 bits per heavy atom. The van der Waals surface area contributed by atoms with Gasteiger partial charge in [-0.15, -0.1) is 11.3 Å². The fourth-order valence-corrected chi connectivity index (χ4v) is 3.43. The van der Waals surface area contributed by atoms with Gasteiger partial charge in [-0.1, -0.05) is 30.3 Å². The first kappa shape index (κ1) is 14.3. The average Bonchev–Trinajstić information content (AvgIpc) is 3.27. The zero-order chi connectivity index (χ0) is 14.7. The fourth-order valence-electron chi connectivity index (χ4n) is 2.52. The maximum atomic E-state index is 12.5. The smallest absolute Gasteiger partial charge is 0.226 e. The Labute approximate surface area is 130 Å².